The van der Waals surface area contributed by atoms with Crippen LogP contribution in [0.5, 0.6) is 0 Å². The van der Waals surface area contributed by atoms with Gasteiger partial charge in [0.25, 0.3) is 5.91 Å². The Labute approximate surface area is 123 Å². The number of carbonyl (C=O) groups excluding carboxylic acids is 1. The summed E-state index contributed by atoms with van der Waals surface area (Å²) in [6.45, 7) is 0. The zero-order valence-corrected chi connectivity index (χ0v) is 11.1. The smallest absolute Gasteiger partial charge is 0.362 e. The molecule has 0 saturated carbocycles. The first-order valence-corrected chi connectivity index (χ1v) is 6.14. The molecule has 2 rings (SSSR count). The summed E-state index contributed by atoms with van der Waals surface area (Å²) in [4.78, 5) is 14.7. The van der Waals surface area contributed by atoms with E-state index < -0.39 is 17.6 Å². The van der Waals surface area contributed by atoms with Crippen molar-refractivity contribution in [3.05, 3.63) is 59.4 Å². The molecular weight excluding hydrogens is 295 g/mol. The SMILES string of the molecule is N#C/C(=C\c1ccc[nH]1)C(=O)Nc1cccc(C(F)(F)F)c1. The van der Waals surface area contributed by atoms with Crippen molar-refractivity contribution in [3.8, 4) is 6.07 Å². The highest BCUT2D eigenvalue weighted by atomic mass is 19.4. The standard InChI is InChI=1S/C15H10F3N3O/c16-15(17,18)11-3-1-4-13(8-11)21-14(22)10(9-19)7-12-5-2-6-20-12/h1-8,20H,(H,21,22)/b10-7+. The largest absolute Gasteiger partial charge is 0.416 e. The number of nitrogens with one attached hydrogen (secondary N) is 2. The van der Waals surface area contributed by atoms with E-state index in [1.54, 1.807) is 24.4 Å². The topological polar surface area (TPSA) is 68.7 Å². The van der Waals surface area contributed by atoms with Gasteiger partial charge in [-0.3, -0.25) is 4.79 Å². The minimum atomic E-state index is -4.50. The lowest BCUT2D eigenvalue weighted by Gasteiger charge is -2.09. The Morgan fingerprint density at radius 1 is 1.27 bits per heavy atom. The number of halogens is 3. The predicted molar refractivity (Wildman–Crippen MR) is 74.5 cm³/mol. The van der Waals surface area contributed by atoms with E-state index in [4.69, 9.17) is 5.26 Å². The molecule has 7 heteroatoms. The number of amides is 1. The van der Waals surface area contributed by atoms with Gasteiger partial charge in [0.05, 0.1) is 5.56 Å². The molecule has 0 saturated heterocycles. The number of aromatic nitrogens is 1. The van der Waals surface area contributed by atoms with Crippen LogP contribution in [0.4, 0.5) is 18.9 Å². The fraction of sp³-hybridized carbons (Fsp3) is 0.0667. The van der Waals surface area contributed by atoms with Crippen molar-refractivity contribution in [1.82, 2.24) is 4.98 Å². The number of nitrogens with zero attached hydrogens (tertiary/aromatic N) is 1. The summed E-state index contributed by atoms with van der Waals surface area (Å²) in [5.41, 5.74) is -0.597. The number of anilines is 1. The molecule has 112 valence electrons. The monoisotopic (exact) mass is 305 g/mol. The normalized spacial score (nSPS) is 11.8. The van der Waals surface area contributed by atoms with Crippen molar-refractivity contribution in [3.63, 3.8) is 0 Å². The van der Waals surface area contributed by atoms with Crippen LogP contribution in [-0.4, -0.2) is 10.9 Å². The lowest BCUT2D eigenvalue weighted by molar-refractivity contribution is -0.137. The van der Waals surface area contributed by atoms with Crippen LogP contribution in [0.1, 0.15) is 11.3 Å². The first kappa shape index (κ1) is 15.4. The second-order valence-corrected chi connectivity index (χ2v) is 4.33. The van der Waals surface area contributed by atoms with Gasteiger partial charge in [-0.2, -0.15) is 18.4 Å². The molecule has 2 N–H and O–H groups in total. The summed E-state index contributed by atoms with van der Waals surface area (Å²) in [6.07, 6.45) is -1.58. The van der Waals surface area contributed by atoms with Gasteiger partial charge in [-0.25, -0.2) is 0 Å². The van der Waals surface area contributed by atoms with Crippen molar-refractivity contribution in [2.75, 3.05) is 5.32 Å². The second kappa shape index (κ2) is 6.18. The maximum absolute atomic E-state index is 12.6. The van der Waals surface area contributed by atoms with Gasteiger partial charge >= 0.3 is 6.18 Å². The highest BCUT2D eigenvalue weighted by molar-refractivity contribution is 6.09. The van der Waals surface area contributed by atoms with E-state index in [1.807, 2.05) is 0 Å². The second-order valence-electron chi connectivity index (χ2n) is 4.33. The Kier molecular flexibility index (Phi) is 4.32. The van der Waals surface area contributed by atoms with Gasteiger partial charge < -0.3 is 10.3 Å². The van der Waals surface area contributed by atoms with Crippen LogP contribution in [0.2, 0.25) is 0 Å². The number of carbonyl (C=O) groups is 1. The molecule has 4 nitrogen and oxygen atoms in total. The van der Waals surface area contributed by atoms with Crippen molar-refractivity contribution in [2.24, 2.45) is 0 Å². The minimum absolute atomic E-state index is 0.0348. The highest BCUT2D eigenvalue weighted by Crippen LogP contribution is 2.30. The Bertz CT molecular complexity index is 740. The maximum atomic E-state index is 12.6. The summed E-state index contributed by atoms with van der Waals surface area (Å²) in [5, 5.41) is 11.3. The zero-order chi connectivity index (χ0) is 16.2. The number of hydrogen-bond donors (Lipinski definition) is 2. The fourth-order valence-corrected chi connectivity index (χ4v) is 1.71. The summed E-state index contributed by atoms with van der Waals surface area (Å²) in [6, 6.07) is 9.25. The van der Waals surface area contributed by atoms with E-state index >= 15 is 0 Å². The lowest BCUT2D eigenvalue weighted by atomic mass is 10.1. The van der Waals surface area contributed by atoms with E-state index in [9.17, 15) is 18.0 Å². The zero-order valence-electron chi connectivity index (χ0n) is 11.1. The van der Waals surface area contributed by atoms with Crippen molar-refractivity contribution < 1.29 is 18.0 Å². The Morgan fingerprint density at radius 3 is 2.64 bits per heavy atom. The van der Waals surface area contributed by atoms with E-state index in [1.165, 1.54) is 18.2 Å². The average molecular weight is 305 g/mol. The van der Waals surface area contributed by atoms with Gasteiger partial charge in [0.2, 0.25) is 0 Å². The third-order valence-electron chi connectivity index (χ3n) is 2.73. The molecule has 2 aromatic rings. The third-order valence-corrected chi connectivity index (χ3v) is 2.73. The van der Waals surface area contributed by atoms with Crippen molar-refractivity contribution in [2.45, 2.75) is 6.18 Å². The number of nitriles is 1. The van der Waals surface area contributed by atoms with Gasteiger partial charge in [-0.05, 0) is 36.4 Å². The molecule has 1 heterocycles. The number of benzene rings is 1. The first-order chi connectivity index (χ1) is 10.4. The molecule has 1 aromatic carbocycles. The van der Waals surface area contributed by atoms with Crippen molar-refractivity contribution in [1.29, 1.82) is 5.26 Å². The molecule has 0 bridgehead atoms. The van der Waals surface area contributed by atoms with Crippen LogP contribution >= 0.6 is 0 Å². The number of hydrogen-bond acceptors (Lipinski definition) is 2. The lowest BCUT2D eigenvalue weighted by Crippen LogP contribution is -2.14. The maximum Gasteiger partial charge on any atom is 0.416 e. The molecule has 0 aliphatic carbocycles. The van der Waals surface area contributed by atoms with Gasteiger partial charge in [0.1, 0.15) is 11.6 Å². The minimum Gasteiger partial charge on any atom is -0.362 e. The predicted octanol–water partition coefficient (Wildman–Crippen LogP) is 3.58. The van der Waals surface area contributed by atoms with Gasteiger partial charge in [0, 0.05) is 17.6 Å². The third kappa shape index (κ3) is 3.76. The molecule has 0 spiro atoms. The summed E-state index contributed by atoms with van der Waals surface area (Å²) < 4.78 is 37.8. The molecule has 0 radical (unpaired) electrons. The highest BCUT2D eigenvalue weighted by Gasteiger charge is 2.30. The molecule has 1 aromatic heterocycles. The van der Waals surface area contributed by atoms with Gasteiger partial charge in [-0.1, -0.05) is 6.07 Å². The Hall–Kier alpha value is -3.01. The number of H-pyrrole nitrogens is 1. The van der Waals surface area contributed by atoms with Crippen LogP contribution in [0.3, 0.4) is 0 Å². The molecule has 1 amide bonds. The number of aromatic amines is 1. The molecule has 0 unspecified atom stereocenters. The molecule has 0 fully saturated rings. The van der Waals surface area contributed by atoms with Gasteiger partial charge in [-0.15, -0.1) is 0 Å². The van der Waals surface area contributed by atoms with Crippen LogP contribution in [0.15, 0.2) is 48.2 Å². The van der Waals surface area contributed by atoms with Crippen LogP contribution in [-0.2, 0) is 11.0 Å². The Morgan fingerprint density at radius 2 is 2.05 bits per heavy atom. The van der Waals surface area contributed by atoms with Crippen molar-refractivity contribution >= 4 is 17.7 Å². The summed E-state index contributed by atoms with van der Waals surface area (Å²) in [7, 11) is 0. The van der Waals surface area contributed by atoms with Crippen LogP contribution in [0, 0.1) is 11.3 Å². The summed E-state index contributed by atoms with van der Waals surface area (Å²) >= 11 is 0. The quantitative estimate of drug-likeness (QED) is 0.672. The van der Waals surface area contributed by atoms with Crippen LogP contribution in [0.25, 0.3) is 6.08 Å². The van der Waals surface area contributed by atoms with E-state index in [0.29, 0.717) is 5.69 Å². The summed E-state index contributed by atoms with van der Waals surface area (Å²) in [5.74, 6) is -0.781. The molecule has 0 aliphatic heterocycles. The molecule has 0 atom stereocenters. The molecule has 22 heavy (non-hydrogen) atoms. The van der Waals surface area contributed by atoms with E-state index in [2.05, 4.69) is 10.3 Å². The molecule has 0 aliphatic rings. The molecular formula is C15H10F3N3O. The Balaban J connectivity index is 2.20. The average Bonchev–Trinajstić information content (AvgIpc) is 2.97. The van der Waals surface area contributed by atoms with Gasteiger partial charge in [0.15, 0.2) is 0 Å². The number of alkyl halides is 3. The fourth-order valence-electron chi connectivity index (χ4n) is 1.71. The first-order valence-electron chi connectivity index (χ1n) is 6.14. The van der Waals surface area contributed by atoms with Crippen LogP contribution < -0.4 is 5.32 Å². The van der Waals surface area contributed by atoms with E-state index in [0.717, 1.165) is 12.1 Å². The van der Waals surface area contributed by atoms with E-state index in [-0.39, 0.29) is 11.3 Å². The number of rotatable bonds is 3.